The van der Waals surface area contributed by atoms with E-state index in [2.05, 4.69) is 51.5 Å². The number of unbranched alkanes of at least 4 members (excludes halogenated alkanes) is 1. The van der Waals surface area contributed by atoms with Crippen molar-refractivity contribution in [3.63, 3.8) is 0 Å². The fraction of sp³-hybridized carbons (Fsp3) is 0.562. The van der Waals surface area contributed by atoms with Crippen molar-refractivity contribution in [1.29, 1.82) is 0 Å². The molecular formula is C16H26BrN3O. The third-order valence-electron chi connectivity index (χ3n) is 3.83. The third-order valence-corrected chi connectivity index (χ3v) is 4.32. The fourth-order valence-electron chi connectivity index (χ4n) is 2.17. The molecular weight excluding hydrogens is 330 g/mol. The Bertz CT molecular complexity index is 474. The summed E-state index contributed by atoms with van der Waals surface area (Å²) in [6.45, 7) is 7.13. The van der Waals surface area contributed by atoms with Crippen LogP contribution in [0.25, 0.3) is 0 Å². The normalized spacial score (nSPS) is 14.2. The lowest BCUT2D eigenvalue weighted by Gasteiger charge is -2.22. The number of hydrogen-bond donors (Lipinski definition) is 3. The molecule has 1 rings (SSSR count). The summed E-state index contributed by atoms with van der Waals surface area (Å²) in [6.07, 6.45) is 3.03. The van der Waals surface area contributed by atoms with Gasteiger partial charge in [0.25, 0.3) is 0 Å². The van der Waals surface area contributed by atoms with Gasteiger partial charge >= 0.3 is 0 Å². The van der Waals surface area contributed by atoms with E-state index in [9.17, 15) is 0 Å². The maximum absolute atomic E-state index is 8.74. The van der Waals surface area contributed by atoms with E-state index >= 15 is 0 Å². The molecule has 21 heavy (non-hydrogen) atoms. The summed E-state index contributed by atoms with van der Waals surface area (Å²) in [6, 6.07) is 8.69. The number of oxime groups is 1. The molecule has 1 aromatic carbocycles. The van der Waals surface area contributed by atoms with Crippen LogP contribution in [-0.2, 0) is 0 Å². The Balaban J connectivity index is 2.29. The SMILES string of the molecule is C[C@@H](NCCCCC(C)(C)/C(N)=N/O)c1cccc(Br)c1. The molecule has 5 heteroatoms. The Kier molecular flexibility index (Phi) is 7.18. The standard InChI is InChI=1S/C16H26BrN3O/c1-12(13-7-6-8-14(17)11-13)19-10-5-4-9-16(2,3)15(18)20-21/h6-8,11-12,19,21H,4-5,9-10H2,1-3H3,(H2,18,20)/t12-/m1/s1. The van der Waals surface area contributed by atoms with Gasteiger partial charge < -0.3 is 16.3 Å². The van der Waals surface area contributed by atoms with Gasteiger partial charge in [0.05, 0.1) is 0 Å². The topological polar surface area (TPSA) is 70.6 Å². The maximum atomic E-state index is 8.74. The fourth-order valence-corrected chi connectivity index (χ4v) is 2.58. The Labute approximate surface area is 135 Å². The van der Waals surface area contributed by atoms with Crippen LogP contribution in [0, 0.1) is 5.41 Å². The quantitative estimate of drug-likeness (QED) is 0.216. The molecule has 0 bridgehead atoms. The second kappa shape index (κ2) is 8.39. The first-order valence-corrected chi connectivity index (χ1v) is 8.13. The average Bonchev–Trinajstić information content (AvgIpc) is 2.45. The van der Waals surface area contributed by atoms with E-state index in [1.807, 2.05) is 19.9 Å². The van der Waals surface area contributed by atoms with E-state index in [1.165, 1.54) is 5.56 Å². The van der Waals surface area contributed by atoms with Crippen LogP contribution in [-0.4, -0.2) is 17.6 Å². The molecule has 4 N–H and O–H groups in total. The first kappa shape index (κ1) is 18.0. The molecule has 0 saturated heterocycles. The van der Waals surface area contributed by atoms with Gasteiger partial charge in [-0.25, -0.2) is 0 Å². The number of amidine groups is 1. The van der Waals surface area contributed by atoms with E-state index < -0.39 is 0 Å². The highest BCUT2D eigenvalue weighted by atomic mass is 79.9. The minimum absolute atomic E-state index is 0.245. The summed E-state index contributed by atoms with van der Waals surface area (Å²) in [7, 11) is 0. The van der Waals surface area contributed by atoms with Gasteiger partial charge in [-0.1, -0.05) is 53.5 Å². The van der Waals surface area contributed by atoms with Crippen LogP contribution in [0.2, 0.25) is 0 Å². The number of nitrogens with two attached hydrogens (primary N) is 1. The lowest BCUT2D eigenvalue weighted by molar-refractivity contribution is 0.304. The second-order valence-electron chi connectivity index (χ2n) is 6.06. The van der Waals surface area contributed by atoms with Gasteiger partial charge in [-0.2, -0.15) is 0 Å². The highest BCUT2D eigenvalue weighted by molar-refractivity contribution is 9.10. The van der Waals surface area contributed by atoms with Crippen LogP contribution in [0.1, 0.15) is 51.6 Å². The predicted octanol–water partition coefficient (Wildman–Crippen LogP) is 4.04. The van der Waals surface area contributed by atoms with Gasteiger partial charge in [0.1, 0.15) is 5.84 Å². The number of nitrogens with zero attached hydrogens (tertiary/aromatic N) is 1. The molecule has 0 fully saturated rings. The summed E-state index contributed by atoms with van der Waals surface area (Å²) < 4.78 is 1.11. The van der Waals surface area contributed by atoms with Gasteiger partial charge in [-0.3, -0.25) is 0 Å². The van der Waals surface area contributed by atoms with Crippen molar-refractivity contribution in [3.05, 3.63) is 34.3 Å². The van der Waals surface area contributed by atoms with Gasteiger partial charge in [0.15, 0.2) is 0 Å². The van der Waals surface area contributed by atoms with Crippen molar-refractivity contribution in [2.45, 2.75) is 46.1 Å². The summed E-state index contributed by atoms with van der Waals surface area (Å²) in [4.78, 5) is 0. The Morgan fingerprint density at radius 1 is 1.43 bits per heavy atom. The maximum Gasteiger partial charge on any atom is 0.144 e. The van der Waals surface area contributed by atoms with Crippen molar-refractivity contribution in [3.8, 4) is 0 Å². The monoisotopic (exact) mass is 355 g/mol. The Morgan fingerprint density at radius 2 is 2.14 bits per heavy atom. The summed E-state index contributed by atoms with van der Waals surface area (Å²) in [5.74, 6) is 0.304. The van der Waals surface area contributed by atoms with Crippen molar-refractivity contribution in [2.24, 2.45) is 16.3 Å². The minimum atomic E-state index is -0.245. The van der Waals surface area contributed by atoms with Crippen LogP contribution in [0.3, 0.4) is 0 Å². The highest BCUT2D eigenvalue weighted by Gasteiger charge is 2.22. The minimum Gasteiger partial charge on any atom is -0.409 e. The molecule has 0 aliphatic heterocycles. The highest BCUT2D eigenvalue weighted by Crippen LogP contribution is 2.23. The molecule has 4 nitrogen and oxygen atoms in total. The number of hydrogen-bond acceptors (Lipinski definition) is 3. The summed E-state index contributed by atoms with van der Waals surface area (Å²) in [5.41, 5.74) is 6.72. The van der Waals surface area contributed by atoms with Crippen LogP contribution in [0.4, 0.5) is 0 Å². The van der Waals surface area contributed by atoms with Gasteiger partial charge in [-0.15, -0.1) is 0 Å². The third kappa shape index (κ3) is 6.06. The van der Waals surface area contributed by atoms with E-state index in [0.29, 0.717) is 11.9 Å². The Morgan fingerprint density at radius 3 is 2.76 bits per heavy atom. The van der Waals surface area contributed by atoms with E-state index in [0.717, 1.165) is 30.3 Å². The van der Waals surface area contributed by atoms with Crippen molar-refractivity contribution < 1.29 is 5.21 Å². The van der Waals surface area contributed by atoms with Gasteiger partial charge in [-0.05, 0) is 44.0 Å². The van der Waals surface area contributed by atoms with Gasteiger partial charge in [0.2, 0.25) is 0 Å². The van der Waals surface area contributed by atoms with E-state index in [4.69, 9.17) is 10.9 Å². The molecule has 1 atom stereocenters. The van der Waals surface area contributed by atoms with Crippen molar-refractivity contribution in [1.82, 2.24) is 5.32 Å². The first-order chi connectivity index (χ1) is 9.86. The molecule has 118 valence electrons. The molecule has 0 amide bonds. The van der Waals surface area contributed by atoms with Crippen LogP contribution < -0.4 is 11.1 Å². The predicted molar refractivity (Wildman–Crippen MR) is 91.6 cm³/mol. The largest absolute Gasteiger partial charge is 0.409 e. The second-order valence-corrected chi connectivity index (χ2v) is 6.97. The number of halogens is 1. The number of rotatable bonds is 8. The molecule has 0 aromatic heterocycles. The average molecular weight is 356 g/mol. The summed E-state index contributed by atoms with van der Waals surface area (Å²) in [5, 5.41) is 15.4. The molecule has 0 saturated carbocycles. The zero-order chi connectivity index (χ0) is 15.9. The first-order valence-electron chi connectivity index (χ1n) is 7.33. The van der Waals surface area contributed by atoms with Crippen molar-refractivity contribution in [2.75, 3.05) is 6.54 Å². The van der Waals surface area contributed by atoms with E-state index in [-0.39, 0.29) is 5.41 Å². The van der Waals surface area contributed by atoms with Crippen LogP contribution >= 0.6 is 15.9 Å². The molecule has 0 aliphatic rings. The van der Waals surface area contributed by atoms with Gasteiger partial charge in [0, 0.05) is 15.9 Å². The van der Waals surface area contributed by atoms with E-state index in [1.54, 1.807) is 0 Å². The molecule has 0 spiro atoms. The van der Waals surface area contributed by atoms with Crippen molar-refractivity contribution >= 4 is 21.8 Å². The van der Waals surface area contributed by atoms with Crippen LogP contribution in [0.5, 0.6) is 0 Å². The Hall–Kier alpha value is -1.07. The summed E-state index contributed by atoms with van der Waals surface area (Å²) >= 11 is 3.49. The number of benzene rings is 1. The van der Waals surface area contributed by atoms with Crippen LogP contribution in [0.15, 0.2) is 33.9 Å². The lowest BCUT2D eigenvalue weighted by atomic mass is 9.86. The molecule has 0 unspecified atom stereocenters. The molecule has 0 radical (unpaired) electrons. The molecule has 1 aromatic rings. The zero-order valence-corrected chi connectivity index (χ0v) is 14.7. The number of nitrogens with one attached hydrogen (secondary N) is 1. The lowest BCUT2D eigenvalue weighted by Crippen LogP contribution is -2.32. The molecule has 0 aliphatic carbocycles. The smallest absolute Gasteiger partial charge is 0.144 e. The molecule has 0 heterocycles. The zero-order valence-electron chi connectivity index (χ0n) is 13.1.